The van der Waals surface area contributed by atoms with Gasteiger partial charge in [0, 0.05) is 48.7 Å². The van der Waals surface area contributed by atoms with Crippen molar-refractivity contribution in [1.29, 1.82) is 0 Å². The van der Waals surface area contributed by atoms with E-state index in [-0.39, 0.29) is 48.1 Å². The van der Waals surface area contributed by atoms with Gasteiger partial charge in [0.15, 0.2) is 0 Å². The molecular weight excluding hydrogens is 557 g/mol. The zero-order valence-electron chi connectivity index (χ0n) is 20.0. The van der Waals surface area contributed by atoms with E-state index >= 15 is 0 Å². The average Bonchev–Trinajstić information content (AvgIpc) is 3.47. The Morgan fingerprint density at radius 3 is 2.33 bits per heavy atom. The molecule has 0 atom stereocenters. The van der Waals surface area contributed by atoms with Crippen molar-refractivity contribution in [1.82, 2.24) is 25.0 Å². The molecule has 2 aliphatic rings. The van der Waals surface area contributed by atoms with Gasteiger partial charge in [-0.25, -0.2) is 8.42 Å². The number of nitrogens with one attached hydrogen (secondary N) is 3. The SMILES string of the molecule is O=C(C1=CSNN1)N1CCN(C(=O)c2ccc(NS(=O)(=O)c3cccc4cccnc34)c(C(F)(F)F)c2)CC1. The van der Waals surface area contributed by atoms with E-state index < -0.39 is 33.4 Å². The van der Waals surface area contributed by atoms with Crippen molar-refractivity contribution in [2.75, 3.05) is 30.9 Å². The second kappa shape index (κ2) is 10.4. The summed E-state index contributed by atoms with van der Waals surface area (Å²) in [6.45, 7) is 0.666. The number of hydrazine groups is 1. The maximum Gasteiger partial charge on any atom is 0.418 e. The number of sulfonamides is 1. The van der Waals surface area contributed by atoms with Gasteiger partial charge < -0.3 is 15.2 Å². The number of piperazine rings is 1. The number of pyridine rings is 1. The smallest absolute Gasteiger partial charge is 0.335 e. The first kappa shape index (κ1) is 26.8. The molecule has 3 heterocycles. The number of para-hydroxylation sites is 1. The van der Waals surface area contributed by atoms with Crippen LogP contribution in [0.2, 0.25) is 0 Å². The number of anilines is 1. The van der Waals surface area contributed by atoms with Gasteiger partial charge in [-0.3, -0.25) is 19.3 Å². The molecule has 0 bridgehead atoms. The highest BCUT2D eigenvalue weighted by atomic mass is 32.2. The average molecular weight is 579 g/mol. The van der Waals surface area contributed by atoms with Crippen molar-refractivity contribution in [3.05, 3.63) is 77.0 Å². The van der Waals surface area contributed by atoms with Crippen LogP contribution in [0.1, 0.15) is 15.9 Å². The molecule has 15 heteroatoms. The lowest BCUT2D eigenvalue weighted by Gasteiger charge is -2.35. The predicted molar refractivity (Wildman–Crippen MR) is 138 cm³/mol. The normalized spacial score (nSPS) is 16.1. The number of amides is 2. The molecule has 10 nitrogen and oxygen atoms in total. The van der Waals surface area contributed by atoms with Gasteiger partial charge in [0.1, 0.15) is 10.6 Å². The lowest BCUT2D eigenvalue weighted by molar-refractivity contribution is -0.137. The number of hydrogen-bond acceptors (Lipinski definition) is 8. The van der Waals surface area contributed by atoms with Gasteiger partial charge in [0.2, 0.25) is 0 Å². The molecule has 204 valence electrons. The molecule has 1 saturated heterocycles. The van der Waals surface area contributed by atoms with Crippen LogP contribution in [0.3, 0.4) is 0 Å². The van der Waals surface area contributed by atoms with E-state index in [1.165, 1.54) is 40.1 Å². The van der Waals surface area contributed by atoms with Crippen LogP contribution in [0.4, 0.5) is 18.9 Å². The second-order valence-electron chi connectivity index (χ2n) is 8.66. The van der Waals surface area contributed by atoms with Crippen molar-refractivity contribution in [3.63, 3.8) is 0 Å². The summed E-state index contributed by atoms with van der Waals surface area (Å²) in [6.07, 6.45) is -3.57. The zero-order valence-corrected chi connectivity index (χ0v) is 21.7. The molecule has 3 N–H and O–H groups in total. The van der Waals surface area contributed by atoms with Crippen LogP contribution in [0.15, 0.2) is 70.7 Å². The Morgan fingerprint density at radius 2 is 1.67 bits per heavy atom. The Kier molecular flexibility index (Phi) is 7.13. The number of aromatic nitrogens is 1. The maximum atomic E-state index is 14.0. The van der Waals surface area contributed by atoms with Gasteiger partial charge in [-0.15, -0.1) is 0 Å². The number of rotatable bonds is 5. The first-order chi connectivity index (χ1) is 18.5. The van der Waals surface area contributed by atoms with E-state index in [2.05, 4.69) is 15.2 Å². The zero-order chi connectivity index (χ0) is 27.8. The van der Waals surface area contributed by atoms with Crippen LogP contribution < -0.4 is 15.0 Å². The van der Waals surface area contributed by atoms with Gasteiger partial charge >= 0.3 is 6.18 Å². The number of fused-ring (bicyclic) bond motifs is 1. The molecule has 3 aromatic rings. The molecule has 0 aliphatic carbocycles. The Balaban J connectivity index is 1.36. The highest BCUT2D eigenvalue weighted by molar-refractivity contribution is 8.00. The standard InChI is InChI=1S/C24H21F3N6O4S2/c25-24(26,27)17-13-16(22(34)32-9-11-33(12-10-32)23(35)19-14-38-31-29-19)6-7-18(17)30-39(36,37)20-5-1-3-15-4-2-8-28-21(15)20/h1-8,13-14,29-31H,9-12H2. The van der Waals surface area contributed by atoms with Gasteiger partial charge in [0.05, 0.1) is 16.8 Å². The summed E-state index contributed by atoms with van der Waals surface area (Å²) in [4.78, 5) is 34.9. The minimum absolute atomic E-state index is 0.112. The second-order valence-corrected chi connectivity index (χ2v) is 11.0. The van der Waals surface area contributed by atoms with Crippen LogP contribution in [0.5, 0.6) is 0 Å². The van der Waals surface area contributed by atoms with Crippen LogP contribution >= 0.6 is 11.9 Å². The van der Waals surface area contributed by atoms with Gasteiger partial charge in [-0.05, 0) is 42.3 Å². The molecule has 0 unspecified atom stereocenters. The molecular formula is C24H21F3N6O4S2. The summed E-state index contributed by atoms with van der Waals surface area (Å²) in [5.41, 5.74) is 0.926. The molecule has 5 rings (SSSR count). The van der Waals surface area contributed by atoms with E-state index in [0.29, 0.717) is 17.1 Å². The molecule has 1 aromatic heterocycles. The van der Waals surface area contributed by atoms with Crippen LogP contribution in [0, 0.1) is 0 Å². The molecule has 1 fully saturated rings. The predicted octanol–water partition coefficient (Wildman–Crippen LogP) is 2.94. The summed E-state index contributed by atoms with van der Waals surface area (Å²) in [6, 6.07) is 10.3. The first-order valence-electron chi connectivity index (χ1n) is 11.6. The van der Waals surface area contributed by atoms with E-state index in [1.807, 2.05) is 4.72 Å². The third-order valence-corrected chi connectivity index (χ3v) is 8.18. The third kappa shape index (κ3) is 5.51. The monoisotopic (exact) mass is 578 g/mol. The number of halogens is 3. The lowest BCUT2D eigenvalue weighted by atomic mass is 10.1. The van der Waals surface area contributed by atoms with Crippen molar-refractivity contribution < 1.29 is 31.2 Å². The molecule has 0 spiro atoms. The van der Waals surface area contributed by atoms with Crippen molar-refractivity contribution in [2.45, 2.75) is 11.1 Å². The Bertz CT molecular complexity index is 1580. The topological polar surface area (TPSA) is 124 Å². The van der Waals surface area contributed by atoms with Crippen LogP contribution in [-0.4, -0.2) is 61.2 Å². The fraction of sp³-hybridized carbons (Fsp3) is 0.208. The fourth-order valence-electron chi connectivity index (χ4n) is 4.27. The minimum atomic E-state index is -4.95. The summed E-state index contributed by atoms with van der Waals surface area (Å²) in [7, 11) is -4.46. The number of hydrogen-bond donors (Lipinski definition) is 3. The fourth-order valence-corrected chi connectivity index (χ4v) is 6.03. The number of nitrogens with zero attached hydrogens (tertiary/aromatic N) is 3. The quantitative estimate of drug-likeness (QED) is 0.395. The highest BCUT2D eigenvalue weighted by Crippen LogP contribution is 2.37. The van der Waals surface area contributed by atoms with Crippen molar-refractivity contribution in [2.24, 2.45) is 0 Å². The first-order valence-corrected chi connectivity index (χ1v) is 13.9. The number of carbonyl (C=O) groups excluding carboxylic acids is 2. The molecule has 0 saturated carbocycles. The van der Waals surface area contributed by atoms with Crippen molar-refractivity contribution in [3.8, 4) is 0 Å². The molecule has 0 radical (unpaired) electrons. The number of benzene rings is 2. The van der Waals surface area contributed by atoms with Crippen LogP contribution in [-0.2, 0) is 21.0 Å². The number of carbonyl (C=O) groups is 2. The summed E-state index contributed by atoms with van der Waals surface area (Å²) in [5.74, 6) is -0.910. The Morgan fingerprint density at radius 1 is 0.974 bits per heavy atom. The van der Waals surface area contributed by atoms with Gasteiger partial charge in [0.25, 0.3) is 21.8 Å². The summed E-state index contributed by atoms with van der Waals surface area (Å²) < 4.78 is 70.3. The summed E-state index contributed by atoms with van der Waals surface area (Å²) >= 11 is 1.21. The van der Waals surface area contributed by atoms with E-state index in [4.69, 9.17) is 0 Å². The minimum Gasteiger partial charge on any atom is -0.335 e. The summed E-state index contributed by atoms with van der Waals surface area (Å²) in [5, 5.41) is 2.12. The van der Waals surface area contributed by atoms with Gasteiger partial charge in [-0.1, -0.05) is 18.2 Å². The molecule has 2 aromatic carbocycles. The molecule has 2 amide bonds. The molecule has 2 aliphatic heterocycles. The largest absolute Gasteiger partial charge is 0.418 e. The Labute approximate surface area is 225 Å². The third-order valence-electron chi connectivity index (χ3n) is 6.21. The van der Waals surface area contributed by atoms with Crippen LogP contribution in [0.25, 0.3) is 10.9 Å². The highest BCUT2D eigenvalue weighted by Gasteiger charge is 2.36. The lowest BCUT2D eigenvalue weighted by Crippen LogP contribution is -2.51. The maximum absolute atomic E-state index is 14.0. The molecule has 39 heavy (non-hydrogen) atoms. The number of alkyl halides is 3. The Hall–Kier alpha value is -3.82. The van der Waals surface area contributed by atoms with E-state index in [0.717, 1.165) is 12.1 Å². The van der Waals surface area contributed by atoms with E-state index in [9.17, 15) is 31.2 Å². The van der Waals surface area contributed by atoms with Gasteiger partial charge in [-0.2, -0.15) is 18.0 Å². The van der Waals surface area contributed by atoms with E-state index in [1.54, 1.807) is 23.6 Å². The van der Waals surface area contributed by atoms with Crippen molar-refractivity contribution >= 4 is 50.4 Å².